The van der Waals surface area contributed by atoms with Crippen molar-refractivity contribution >= 4 is 11.6 Å². The Balaban J connectivity index is 1.88. The summed E-state index contributed by atoms with van der Waals surface area (Å²) in [5, 5.41) is 0.595. The molecule has 0 unspecified atom stereocenters. The lowest BCUT2D eigenvalue weighted by atomic mass is 9.91. The number of rotatable bonds is 1. The molecule has 1 aromatic rings. The smallest absolute Gasteiger partial charge is 0.129 e. The van der Waals surface area contributed by atoms with Crippen LogP contribution in [-0.2, 0) is 0 Å². The van der Waals surface area contributed by atoms with Crippen LogP contribution in [0.25, 0.3) is 0 Å². The van der Waals surface area contributed by atoms with Crippen LogP contribution in [0, 0.1) is 0 Å². The maximum Gasteiger partial charge on any atom is 0.129 e. The summed E-state index contributed by atoms with van der Waals surface area (Å²) in [6, 6.07) is 5.58. The molecule has 0 saturated carbocycles. The van der Waals surface area contributed by atoms with E-state index in [1.165, 1.54) is 31.2 Å². The molecule has 2 aliphatic heterocycles. The van der Waals surface area contributed by atoms with Gasteiger partial charge < -0.3 is 0 Å². The van der Waals surface area contributed by atoms with E-state index in [0.717, 1.165) is 12.1 Å². The summed E-state index contributed by atoms with van der Waals surface area (Å²) in [7, 11) is 2.28. The zero-order valence-corrected chi connectivity index (χ0v) is 10.3. The Morgan fingerprint density at radius 1 is 1.38 bits per heavy atom. The molecule has 0 aliphatic carbocycles. The van der Waals surface area contributed by atoms with E-state index >= 15 is 0 Å². The first-order valence-corrected chi connectivity index (χ1v) is 6.47. The second-order valence-corrected chi connectivity index (χ2v) is 5.46. The fourth-order valence-corrected chi connectivity index (χ4v) is 3.54. The summed E-state index contributed by atoms with van der Waals surface area (Å²) in [5.74, 6) is 0.669. The molecule has 0 aromatic carbocycles. The van der Waals surface area contributed by atoms with Crippen LogP contribution >= 0.6 is 11.6 Å². The van der Waals surface area contributed by atoms with Gasteiger partial charge in [-0.1, -0.05) is 24.1 Å². The number of piperidine rings is 1. The van der Waals surface area contributed by atoms with Gasteiger partial charge in [-0.05, 0) is 37.9 Å². The Labute approximate surface area is 102 Å². The minimum absolute atomic E-state index is 0.595. The van der Waals surface area contributed by atoms with Crippen LogP contribution in [0.15, 0.2) is 18.3 Å². The Kier molecular flexibility index (Phi) is 2.64. The van der Waals surface area contributed by atoms with Gasteiger partial charge in [-0.15, -0.1) is 0 Å². The SMILES string of the molecule is [11CH3]N1[C@@H]2CCC[C@H]1[C@H](c1ccc(Cl)nc1)C2. The predicted octanol–water partition coefficient (Wildman–Crippen LogP) is 3.08. The Bertz CT molecular complexity index is 376. The summed E-state index contributed by atoms with van der Waals surface area (Å²) in [4.78, 5) is 6.78. The lowest BCUT2D eigenvalue weighted by Gasteiger charge is -2.32. The van der Waals surface area contributed by atoms with Crippen molar-refractivity contribution in [2.75, 3.05) is 7.05 Å². The van der Waals surface area contributed by atoms with Gasteiger partial charge in [-0.25, -0.2) is 4.98 Å². The van der Waals surface area contributed by atoms with E-state index in [1.54, 1.807) is 0 Å². The van der Waals surface area contributed by atoms with Crippen LogP contribution in [0.1, 0.15) is 37.2 Å². The van der Waals surface area contributed by atoms with Gasteiger partial charge in [0.25, 0.3) is 0 Å². The number of nitrogens with zero attached hydrogens (tertiary/aromatic N) is 2. The zero-order chi connectivity index (χ0) is 11.1. The van der Waals surface area contributed by atoms with Gasteiger partial charge in [-0.3, -0.25) is 4.90 Å². The molecule has 16 heavy (non-hydrogen) atoms. The van der Waals surface area contributed by atoms with Crippen molar-refractivity contribution in [1.29, 1.82) is 0 Å². The van der Waals surface area contributed by atoms with E-state index in [2.05, 4.69) is 23.0 Å². The quantitative estimate of drug-likeness (QED) is 0.696. The van der Waals surface area contributed by atoms with Crippen LogP contribution < -0.4 is 0 Å². The molecule has 0 spiro atoms. The third kappa shape index (κ3) is 1.64. The zero-order valence-electron chi connectivity index (χ0n) is 9.56. The van der Waals surface area contributed by atoms with Crippen LogP contribution in [0.5, 0.6) is 0 Å². The van der Waals surface area contributed by atoms with Crippen LogP contribution in [-0.4, -0.2) is 29.0 Å². The van der Waals surface area contributed by atoms with E-state index in [1.807, 2.05) is 12.3 Å². The third-order valence-electron chi connectivity index (χ3n) is 4.31. The summed E-state index contributed by atoms with van der Waals surface area (Å²) in [6.45, 7) is 0. The minimum atomic E-state index is 0.595. The molecule has 2 nitrogen and oxygen atoms in total. The Morgan fingerprint density at radius 2 is 2.25 bits per heavy atom. The van der Waals surface area contributed by atoms with Gasteiger partial charge >= 0.3 is 0 Å². The highest BCUT2D eigenvalue weighted by atomic mass is 35.5. The predicted molar refractivity (Wildman–Crippen MR) is 65.8 cm³/mol. The highest BCUT2D eigenvalue weighted by Crippen LogP contribution is 2.43. The molecular formula is C13H17ClN2. The van der Waals surface area contributed by atoms with E-state index in [0.29, 0.717) is 11.1 Å². The molecule has 3 heterocycles. The average Bonchev–Trinajstić information content (AvgIpc) is 2.51. The van der Waals surface area contributed by atoms with Gasteiger partial charge in [0.2, 0.25) is 0 Å². The molecule has 0 N–H and O–H groups in total. The number of hydrogen-bond acceptors (Lipinski definition) is 2. The van der Waals surface area contributed by atoms with Crippen molar-refractivity contribution < 1.29 is 0 Å². The fraction of sp³-hybridized carbons (Fsp3) is 0.615. The lowest BCUT2D eigenvalue weighted by molar-refractivity contribution is 0.174. The van der Waals surface area contributed by atoms with Gasteiger partial charge in [0.1, 0.15) is 5.15 Å². The molecule has 2 bridgehead atoms. The van der Waals surface area contributed by atoms with Gasteiger partial charge in [-0.2, -0.15) is 0 Å². The number of pyridine rings is 1. The van der Waals surface area contributed by atoms with Crippen molar-refractivity contribution in [3.8, 4) is 0 Å². The maximum atomic E-state index is 5.84. The van der Waals surface area contributed by atoms with Crippen LogP contribution in [0.4, 0.5) is 0 Å². The molecule has 2 aliphatic rings. The molecule has 3 rings (SSSR count). The molecule has 3 atom stereocenters. The maximum absolute atomic E-state index is 5.84. The van der Waals surface area contributed by atoms with Gasteiger partial charge in [0.15, 0.2) is 0 Å². The Hall–Kier alpha value is -0.600. The summed E-state index contributed by atoms with van der Waals surface area (Å²) in [6.07, 6.45) is 7.34. The first kappa shape index (κ1) is 10.5. The second kappa shape index (κ2) is 4.01. The number of halogens is 1. The second-order valence-electron chi connectivity index (χ2n) is 5.07. The number of fused-ring (bicyclic) bond motifs is 2. The summed E-state index contributed by atoms with van der Waals surface area (Å²) in [5.41, 5.74) is 1.37. The Morgan fingerprint density at radius 3 is 2.94 bits per heavy atom. The molecule has 2 fully saturated rings. The standard InChI is InChI=1S/C13H17ClN2/c1-16-10-3-2-4-12(16)11(7-10)9-5-6-13(14)15-8-9/h5-6,8,10-12H,2-4,7H2,1H3/t10-,11+,12+/m1/s1/i1-1. The highest BCUT2D eigenvalue weighted by Gasteiger charge is 2.41. The first-order valence-electron chi connectivity index (χ1n) is 6.09. The van der Waals surface area contributed by atoms with E-state index in [4.69, 9.17) is 11.6 Å². The number of hydrogen-bond donors (Lipinski definition) is 0. The van der Waals surface area contributed by atoms with Crippen molar-refractivity contribution in [3.05, 3.63) is 29.0 Å². The number of aromatic nitrogens is 1. The third-order valence-corrected chi connectivity index (χ3v) is 4.53. The summed E-state index contributed by atoms with van der Waals surface area (Å²) >= 11 is 5.84. The van der Waals surface area contributed by atoms with Gasteiger partial charge in [0.05, 0.1) is 0 Å². The molecule has 0 amide bonds. The monoisotopic (exact) mass is 235 g/mol. The van der Waals surface area contributed by atoms with E-state index in [9.17, 15) is 0 Å². The van der Waals surface area contributed by atoms with Crippen molar-refractivity contribution in [1.82, 2.24) is 9.88 Å². The van der Waals surface area contributed by atoms with Crippen LogP contribution in [0.3, 0.4) is 0 Å². The van der Waals surface area contributed by atoms with E-state index < -0.39 is 0 Å². The van der Waals surface area contributed by atoms with E-state index in [-0.39, 0.29) is 0 Å². The van der Waals surface area contributed by atoms with Crippen molar-refractivity contribution in [2.24, 2.45) is 0 Å². The van der Waals surface area contributed by atoms with Crippen molar-refractivity contribution in [2.45, 2.75) is 43.7 Å². The van der Waals surface area contributed by atoms with Gasteiger partial charge in [0, 0.05) is 24.2 Å². The normalized spacial score (nSPS) is 34.2. The molecule has 2 saturated heterocycles. The topological polar surface area (TPSA) is 16.1 Å². The summed E-state index contributed by atoms with van der Waals surface area (Å²) < 4.78 is 0. The molecule has 3 heteroatoms. The molecule has 0 radical (unpaired) electrons. The first-order chi connectivity index (χ1) is 7.75. The molecule has 1 aromatic heterocycles. The van der Waals surface area contributed by atoms with Crippen LogP contribution in [0.2, 0.25) is 5.15 Å². The van der Waals surface area contributed by atoms with Crippen molar-refractivity contribution in [3.63, 3.8) is 0 Å². The minimum Gasteiger partial charge on any atom is -0.300 e. The average molecular weight is 236 g/mol. The lowest BCUT2D eigenvalue weighted by Crippen LogP contribution is -2.37. The fourth-order valence-electron chi connectivity index (χ4n) is 3.42. The highest BCUT2D eigenvalue weighted by molar-refractivity contribution is 6.29. The molecular weight excluding hydrogens is 219 g/mol. The largest absolute Gasteiger partial charge is 0.300 e. The number of likely N-dealkylation sites (N-methyl/N-ethyl adjacent to an activating group) is 1. The molecule has 86 valence electrons.